The van der Waals surface area contributed by atoms with Crippen LogP contribution in [0.4, 0.5) is 4.39 Å². The lowest BCUT2D eigenvalue weighted by Crippen LogP contribution is -2.50. The minimum Gasteiger partial charge on any atom is -0.339 e. The molecule has 1 fully saturated rings. The molecular formula is C20H23FN2O3S2. The van der Waals surface area contributed by atoms with Gasteiger partial charge in [0.05, 0.1) is 10.6 Å². The van der Waals surface area contributed by atoms with Crippen LogP contribution in [0.15, 0.2) is 52.3 Å². The van der Waals surface area contributed by atoms with Gasteiger partial charge in [-0.2, -0.15) is 4.31 Å². The van der Waals surface area contributed by atoms with Gasteiger partial charge in [0.15, 0.2) is 0 Å². The Balaban J connectivity index is 1.55. The lowest BCUT2D eigenvalue weighted by atomic mass is 10.1. The van der Waals surface area contributed by atoms with Gasteiger partial charge in [-0.3, -0.25) is 4.79 Å². The molecule has 1 heterocycles. The van der Waals surface area contributed by atoms with Gasteiger partial charge in [0.2, 0.25) is 15.9 Å². The molecule has 2 aromatic rings. The molecule has 0 aliphatic carbocycles. The Labute approximate surface area is 169 Å². The first-order chi connectivity index (χ1) is 13.3. The molecule has 2 aromatic carbocycles. The molecule has 1 aliphatic heterocycles. The molecule has 0 spiro atoms. The summed E-state index contributed by atoms with van der Waals surface area (Å²) in [6.07, 6.45) is 0. The SMILES string of the molecule is Cc1ccc(SCC(=O)N2CCN(S(=O)(=O)c3ccc(F)cc3)CC2)cc1C. The van der Waals surface area contributed by atoms with Gasteiger partial charge in [-0.15, -0.1) is 11.8 Å². The van der Waals surface area contributed by atoms with Crippen molar-refractivity contribution in [3.8, 4) is 0 Å². The standard InChI is InChI=1S/C20H23FN2O3S2/c1-15-3-6-18(13-16(15)2)27-14-20(24)22-9-11-23(12-10-22)28(25,26)19-7-4-17(21)5-8-19/h3-8,13H,9-12,14H2,1-2H3. The van der Waals surface area contributed by atoms with Crippen LogP contribution in [-0.2, 0) is 14.8 Å². The third-order valence-corrected chi connectivity index (χ3v) is 7.77. The van der Waals surface area contributed by atoms with E-state index in [2.05, 4.69) is 13.0 Å². The molecule has 1 saturated heterocycles. The number of carbonyl (C=O) groups is 1. The number of rotatable bonds is 5. The Kier molecular flexibility index (Phi) is 6.42. The van der Waals surface area contributed by atoms with Gasteiger partial charge < -0.3 is 4.90 Å². The van der Waals surface area contributed by atoms with Gasteiger partial charge in [0.1, 0.15) is 5.82 Å². The van der Waals surface area contributed by atoms with Crippen LogP contribution in [0.3, 0.4) is 0 Å². The zero-order valence-corrected chi connectivity index (χ0v) is 17.5. The van der Waals surface area contributed by atoms with Crippen molar-refractivity contribution in [1.29, 1.82) is 0 Å². The monoisotopic (exact) mass is 422 g/mol. The smallest absolute Gasteiger partial charge is 0.243 e. The Hall–Kier alpha value is -1.90. The number of hydrogen-bond acceptors (Lipinski definition) is 4. The highest BCUT2D eigenvalue weighted by Crippen LogP contribution is 2.22. The summed E-state index contributed by atoms with van der Waals surface area (Å²) in [4.78, 5) is 15.3. The number of hydrogen-bond donors (Lipinski definition) is 0. The van der Waals surface area contributed by atoms with E-state index in [-0.39, 0.29) is 23.9 Å². The predicted molar refractivity (Wildman–Crippen MR) is 108 cm³/mol. The first kappa shape index (κ1) is 20.8. The Morgan fingerprint density at radius 3 is 2.25 bits per heavy atom. The van der Waals surface area contributed by atoms with Crippen LogP contribution in [0.1, 0.15) is 11.1 Å². The van der Waals surface area contributed by atoms with Crippen molar-refractivity contribution in [1.82, 2.24) is 9.21 Å². The predicted octanol–water partition coefficient (Wildman–Crippen LogP) is 3.07. The lowest BCUT2D eigenvalue weighted by molar-refractivity contribution is -0.129. The van der Waals surface area contributed by atoms with Crippen molar-refractivity contribution < 1.29 is 17.6 Å². The van der Waals surface area contributed by atoms with Crippen LogP contribution in [0.5, 0.6) is 0 Å². The number of amides is 1. The summed E-state index contributed by atoms with van der Waals surface area (Å²) < 4.78 is 39.7. The number of halogens is 1. The summed E-state index contributed by atoms with van der Waals surface area (Å²) in [5.41, 5.74) is 2.41. The van der Waals surface area contributed by atoms with Gasteiger partial charge in [-0.25, -0.2) is 12.8 Å². The van der Waals surface area contributed by atoms with Gasteiger partial charge in [0, 0.05) is 31.1 Å². The van der Waals surface area contributed by atoms with E-state index in [4.69, 9.17) is 0 Å². The van der Waals surface area contributed by atoms with Crippen LogP contribution >= 0.6 is 11.8 Å². The number of thioether (sulfide) groups is 1. The Bertz CT molecular complexity index is 954. The van der Waals surface area contributed by atoms with Crippen LogP contribution in [-0.4, -0.2) is 55.5 Å². The summed E-state index contributed by atoms with van der Waals surface area (Å²) in [6, 6.07) is 10.9. The number of carbonyl (C=O) groups excluding carboxylic acids is 1. The van der Waals surface area contributed by atoms with Crippen molar-refractivity contribution in [3.63, 3.8) is 0 Å². The maximum absolute atomic E-state index is 13.0. The van der Waals surface area contributed by atoms with Gasteiger partial charge >= 0.3 is 0 Å². The van der Waals surface area contributed by atoms with Gasteiger partial charge in [-0.1, -0.05) is 6.07 Å². The fraction of sp³-hybridized carbons (Fsp3) is 0.350. The van der Waals surface area contributed by atoms with Crippen molar-refractivity contribution >= 4 is 27.7 Å². The zero-order valence-electron chi connectivity index (χ0n) is 15.9. The minimum absolute atomic E-state index is 0.00191. The molecule has 8 heteroatoms. The molecule has 0 N–H and O–H groups in total. The normalized spacial score (nSPS) is 15.6. The van der Waals surface area contributed by atoms with Crippen molar-refractivity contribution in [2.45, 2.75) is 23.6 Å². The van der Waals surface area contributed by atoms with Crippen molar-refractivity contribution in [3.05, 3.63) is 59.4 Å². The quantitative estimate of drug-likeness (QED) is 0.695. The van der Waals surface area contributed by atoms with Crippen LogP contribution < -0.4 is 0 Å². The molecule has 3 rings (SSSR count). The fourth-order valence-corrected chi connectivity index (χ4v) is 5.29. The molecular weight excluding hydrogens is 399 g/mol. The summed E-state index contributed by atoms with van der Waals surface area (Å²) in [5, 5.41) is 0. The van der Waals surface area contributed by atoms with E-state index in [9.17, 15) is 17.6 Å². The maximum atomic E-state index is 13.0. The fourth-order valence-electron chi connectivity index (χ4n) is 2.97. The van der Waals surface area contributed by atoms with Crippen molar-refractivity contribution in [2.24, 2.45) is 0 Å². The van der Waals surface area contributed by atoms with E-state index in [0.717, 1.165) is 17.0 Å². The largest absolute Gasteiger partial charge is 0.339 e. The molecule has 1 aliphatic rings. The molecule has 0 radical (unpaired) electrons. The summed E-state index contributed by atoms with van der Waals surface area (Å²) >= 11 is 1.49. The van der Waals surface area contributed by atoms with E-state index in [1.54, 1.807) is 4.90 Å². The van der Waals surface area contributed by atoms with E-state index in [0.29, 0.717) is 18.8 Å². The topological polar surface area (TPSA) is 57.7 Å². The second kappa shape index (κ2) is 8.63. The molecule has 0 saturated carbocycles. The molecule has 0 aromatic heterocycles. The molecule has 28 heavy (non-hydrogen) atoms. The first-order valence-corrected chi connectivity index (χ1v) is 11.4. The number of sulfonamides is 1. The highest BCUT2D eigenvalue weighted by molar-refractivity contribution is 8.00. The maximum Gasteiger partial charge on any atom is 0.243 e. The first-order valence-electron chi connectivity index (χ1n) is 9.01. The average molecular weight is 423 g/mol. The van der Waals surface area contributed by atoms with Crippen molar-refractivity contribution in [2.75, 3.05) is 31.9 Å². The highest BCUT2D eigenvalue weighted by Gasteiger charge is 2.30. The number of piperazine rings is 1. The number of benzene rings is 2. The molecule has 0 bridgehead atoms. The van der Waals surface area contributed by atoms with E-state index >= 15 is 0 Å². The van der Waals surface area contributed by atoms with E-state index < -0.39 is 15.8 Å². The second-order valence-corrected chi connectivity index (χ2v) is 9.76. The van der Waals surface area contributed by atoms with Crippen LogP contribution in [0, 0.1) is 19.7 Å². The lowest BCUT2D eigenvalue weighted by Gasteiger charge is -2.34. The number of aryl methyl sites for hydroxylation is 2. The zero-order chi connectivity index (χ0) is 20.3. The molecule has 0 atom stereocenters. The van der Waals surface area contributed by atoms with E-state index in [1.165, 1.54) is 39.3 Å². The Morgan fingerprint density at radius 1 is 1.00 bits per heavy atom. The molecule has 1 amide bonds. The summed E-state index contributed by atoms with van der Waals surface area (Å²) in [6.45, 7) is 5.27. The molecule has 5 nitrogen and oxygen atoms in total. The van der Waals surface area contributed by atoms with Crippen LogP contribution in [0.2, 0.25) is 0 Å². The van der Waals surface area contributed by atoms with Crippen LogP contribution in [0.25, 0.3) is 0 Å². The highest BCUT2D eigenvalue weighted by atomic mass is 32.2. The summed E-state index contributed by atoms with van der Waals surface area (Å²) in [5.74, 6) is -0.148. The average Bonchev–Trinajstić information content (AvgIpc) is 2.69. The molecule has 0 unspecified atom stereocenters. The van der Waals surface area contributed by atoms with Gasteiger partial charge in [0.25, 0.3) is 0 Å². The molecule has 150 valence electrons. The second-order valence-electron chi connectivity index (χ2n) is 6.77. The summed E-state index contributed by atoms with van der Waals surface area (Å²) in [7, 11) is -3.67. The van der Waals surface area contributed by atoms with Gasteiger partial charge in [-0.05, 0) is 61.4 Å². The minimum atomic E-state index is -3.67. The third-order valence-electron chi connectivity index (χ3n) is 4.88. The van der Waals surface area contributed by atoms with E-state index in [1.807, 2.05) is 19.1 Å². The third kappa shape index (κ3) is 4.74. The number of nitrogens with zero attached hydrogens (tertiary/aromatic N) is 2. The Morgan fingerprint density at radius 2 is 1.64 bits per heavy atom.